The summed E-state index contributed by atoms with van der Waals surface area (Å²) >= 11 is 5.49. The van der Waals surface area contributed by atoms with Gasteiger partial charge in [0, 0.05) is 0 Å². The summed E-state index contributed by atoms with van der Waals surface area (Å²) < 4.78 is 75.8. The van der Waals surface area contributed by atoms with E-state index in [4.69, 9.17) is 11.6 Å². The molecule has 0 saturated heterocycles. The number of hydrogen-bond donors (Lipinski definition) is 0. The number of imidazole rings is 1. The van der Waals surface area contributed by atoms with E-state index in [1.165, 1.54) is 0 Å². The van der Waals surface area contributed by atoms with E-state index in [2.05, 4.69) is 4.98 Å². The third kappa shape index (κ3) is 3.00. The van der Waals surface area contributed by atoms with E-state index in [0.717, 1.165) is 16.7 Å². The minimum atomic E-state index is -4.58. The van der Waals surface area contributed by atoms with Crippen LogP contribution in [0.4, 0.5) is 26.3 Å². The van der Waals surface area contributed by atoms with Gasteiger partial charge in [0.2, 0.25) is 0 Å². The molecule has 2 rings (SSSR count). The van der Waals surface area contributed by atoms with E-state index >= 15 is 0 Å². The van der Waals surface area contributed by atoms with Crippen molar-refractivity contribution in [2.75, 3.05) is 0 Å². The Morgan fingerprint density at radius 3 is 2.25 bits per heavy atom. The van der Waals surface area contributed by atoms with Gasteiger partial charge in [-0.15, -0.1) is 11.6 Å². The Balaban J connectivity index is 2.58. The van der Waals surface area contributed by atoms with Crippen LogP contribution in [0.3, 0.4) is 0 Å². The zero-order chi connectivity index (χ0) is 15.1. The summed E-state index contributed by atoms with van der Waals surface area (Å²) in [6.07, 6.45) is -9.10. The van der Waals surface area contributed by atoms with Crippen molar-refractivity contribution in [1.82, 2.24) is 9.55 Å². The Bertz CT molecular complexity index is 628. The summed E-state index contributed by atoms with van der Waals surface area (Å²) in [6.45, 7) is -1.35. The average Bonchev–Trinajstić information content (AvgIpc) is 2.63. The summed E-state index contributed by atoms with van der Waals surface area (Å²) in [7, 11) is 0. The van der Waals surface area contributed by atoms with Gasteiger partial charge in [-0.2, -0.15) is 26.3 Å². The molecule has 2 nitrogen and oxygen atoms in total. The molecule has 0 aliphatic carbocycles. The SMILES string of the molecule is FC(F)(F)Cn1c(CCl)nc2cc(C(F)(F)F)ccc21. The Morgan fingerprint density at radius 1 is 1.10 bits per heavy atom. The van der Waals surface area contributed by atoms with Crippen molar-refractivity contribution in [3.8, 4) is 0 Å². The molecule has 110 valence electrons. The molecule has 1 heterocycles. The summed E-state index contributed by atoms with van der Waals surface area (Å²) in [4.78, 5) is 3.72. The number of halogens is 7. The van der Waals surface area contributed by atoms with Gasteiger partial charge < -0.3 is 4.57 Å². The van der Waals surface area contributed by atoms with Crippen LogP contribution < -0.4 is 0 Å². The molecule has 0 atom stereocenters. The molecule has 0 bridgehead atoms. The Hall–Kier alpha value is -1.44. The van der Waals surface area contributed by atoms with Crippen molar-refractivity contribution in [2.45, 2.75) is 24.8 Å². The van der Waals surface area contributed by atoms with Crippen molar-refractivity contribution in [3.05, 3.63) is 29.6 Å². The first-order valence-electron chi connectivity index (χ1n) is 5.31. The van der Waals surface area contributed by atoms with Crippen molar-refractivity contribution < 1.29 is 26.3 Å². The monoisotopic (exact) mass is 316 g/mol. The quantitative estimate of drug-likeness (QED) is 0.595. The lowest BCUT2D eigenvalue weighted by Gasteiger charge is -2.11. The highest BCUT2D eigenvalue weighted by atomic mass is 35.5. The molecule has 0 radical (unpaired) electrons. The van der Waals surface area contributed by atoms with E-state index in [9.17, 15) is 26.3 Å². The molecule has 1 aromatic heterocycles. The molecule has 0 aliphatic heterocycles. The minimum absolute atomic E-state index is 0.0361. The number of rotatable bonds is 2. The molecular weight excluding hydrogens is 310 g/mol. The predicted molar refractivity (Wildman–Crippen MR) is 60.3 cm³/mol. The smallest absolute Gasteiger partial charge is 0.318 e. The van der Waals surface area contributed by atoms with Gasteiger partial charge >= 0.3 is 12.4 Å². The standard InChI is InChI=1S/C11H7ClF6N2/c12-4-9-19-7-3-6(11(16,17)18)1-2-8(7)20(9)5-10(13,14)15/h1-3H,4-5H2. The molecular formula is C11H7ClF6N2. The molecule has 1 aromatic carbocycles. The maximum atomic E-state index is 12.5. The zero-order valence-corrected chi connectivity index (χ0v) is 10.4. The highest BCUT2D eigenvalue weighted by molar-refractivity contribution is 6.16. The molecule has 0 aliphatic rings. The highest BCUT2D eigenvalue weighted by Gasteiger charge is 2.33. The van der Waals surface area contributed by atoms with Crippen LogP contribution in [0.2, 0.25) is 0 Å². The molecule has 0 saturated carbocycles. The van der Waals surface area contributed by atoms with Crippen molar-refractivity contribution in [3.63, 3.8) is 0 Å². The second kappa shape index (κ2) is 4.83. The molecule has 9 heteroatoms. The number of benzene rings is 1. The van der Waals surface area contributed by atoms with Crippen LogP contribution in [0.25, 0.3) is 11.0 Å². The van der Waals surface area contributed by atoms with Crippen LogP contribution in [0.15, 0.2) is 18.2 Å². The van der Waals surface area contributed by atoms with Gasteiger partial charge in [-0.3, -0.25) is 0 Å². The zero-order valence-electron chi connectivity index (χ0n) is 9.69. The first-order chi connectivity index (χ1) is 9.12. The van der Waals surface area contributed by atoms with Gasteiger partial charge in [0.25, 0.3) is 0 Å². The van der Waals surface area contributed by atoms with Crippen LogP contribution in [-0.2, 0) is 18.6 Å². The number of hydrogen-bond acceptors (Lipinski definition) is 1. The summed E-state index contributed by atoms with van der Waals surface area (Å²) in [5.74, 6) is -0.454. The van der Waals surface area contributed by atoms with Gasteiger partial charge in [0.15, 0.2) is 0 Å². The molecule has 0 fully saturated rings. The number of fused-ring (bicyclic) bond motifs is 1. The van der Waals surface area contributed by atoms with Gasteiger partial charge in [-0.25, -0.2) is 4.98 Å². The Labute approximate surface area is 114 Å². The number of aromatic nitrogens is 2. The Morgan fingerprint density at radius 2 is 1.75 bits per heavy atom. The van der Waals surface area contributed by atoms with E-state index in [0.29, 0.717) is 6.07 Å². The topological polar surface area (TPSA) is 17.8 Å². The van der Waals surface area contributed by atoms with E-state index in [1.807, 2.05) is 0 Å². The van der Waals surface area contributed by atoms with Crippen LogP contribution in [-0.4, -0.2) is 15.7 Å². The van der Waals surface area contributed by atoms with Gasteiger partial charge in [0.1, 0.15) is 12.4 Å². The van der Waals surface area contributed by atoms with Crippen LogP contribution >= 0.6 is 11.6 Å². The van der Waals surface area contributed by atoms with Crippen LogP contribution in [0.5, 0.6) is 0 Å². The predicted octanol–water partition coefficient (Wildman–Crippen LogP) is 4.36. The lowest BCUT2D eigenvalue weighted by Crippen LogP contribution is -2.19. The molecule has 0 unspecified atom stereocenters. The van der Waals surface area contributed by atoms with Gasteiger partial charge in [0.05, 0.1) is 22.5 Å². The summed E-state index contributed by atoms with van der Waals surface area (Å²) in [5, 5.41) is 0. The Kier molecular flexibility index (Phi) is 3.62. The van der Waals surface area contributed by atoms with Crippen molar-refractivity contribution in [2.24, 2.45) is 0 Å². The van der Waals surface area contributed by atoms with E-state index < -0.39 is 24.5 Å². The maximum Gasteiger partial charge on any atom is 0.416 e. The fourth-order valence-corrected chi connectivity index (χ4v) is 2.02. The van der Waals surface area contributed by atoms with E-state index in [1.54, 1.807) is 0 Å². The first-order valence-corrected chi connectivity index (χ1v) is 5.84. The third-order valence-electron chi connectivity index (χ3n) is 2.61. The summed E-state index contributed by atoms with van der Waals surface area (Å²) in [5.41, 5.74) is -1.17. The van der Waals surface area contributed by atoms with Crippen molar-refractivity contribution >= 4 is 22.6 Å². The van der Waals surface area contributed by atoms with Crippen LogP contribution in [0.1, 0.15) is 11.4 Å². The molecule has 0 amide bonds. The third-order valence-corrected chi connectivity index (χ3v) is 2.85. The second-order valence-electron chi connectivity index (χ2n) is 4.06. The fraction of sp³-hybridized carbons (Fsp3) is 0.364. The van der Waals surface area contributed by atoms with Gasteiger partial charge in [-0.05, 0) is 18.2 Å². The second-order valence-corrected chi connectivity index (χ2v) is 4.33. The largest absolute Gasteiger partial charge is 0.416 e. The lowest BCUT2D eigenvalue weighted by atomic mass is 10.2. The molecule has 2 aromatic rings. The summed E-state index contributed by atoms with van der Waals surface area (Å²) in [6, 6.07) is 2.39. The van der Waals surface area contributed by atoms with Gasteiger partial charge in [-0.1, -0.05) is 0 Å². The van der Waals surface area contributed by atoms with E-state index in [-0.39, 0.29) is 22.7 Å². The fourth-order valence-electron chi connectivity index (χ4n) is 1.81. The average molecular weight is 317 g/mol. The number of alkyl halides is 7. The highest BCUT2D eigenvalue weighted by Crippen LogP contribution is 2.32. The van der Waals surface area contributed by atoms with Crippen molar-refractivity contribution in [1.29, 1.82) is 0 Å². The normalized spacial score (nSPS) is 13.2. The lowest BCUT2D eigenvalue weighted by molar-refractivity contribution is -0.140. The maximum absolute atomic E-state index is 12.5. The molecule has 0 N–H and O–H groups in total. The number of nitrogens with zero attached hydrogens (tertiary/aromatic N) is 2. The van der Waals surface area contributed by atoms with Crippen LogP contribution in [0, 0.1) is 0 Å². The molecule has 20 heavy (non-hydrogen) atoms. The molecule has 0 spiro atoms. The minimum Gasteiger partial charge on any atom is -0.318 e. The first kappa shape index (κ1) is 15.0.